The number of hydrogen-bond donors (Lipinski definition) is 2. The molecule has 5 aromatic rings. The first-order valence-corrected chi connectivity index (χ1v) is 12.3. The summed E-state index contributed by atoms with van der Waals surface area (Å²) in [5, 5.41) is 4.93. The number of primary amides is 1. The Morgan fingerprint density at radius 1 is 0.973 bits per heavy atom. The van der Waals surface area contributed by atoms with E-state index in [4.69, 9.17) is 5.73 Å². The topological polar surface area (TPSA) is 133 Å². The van der Waals surface area contributed by atoms with Crippen LogP contribution in [0.1, 0.15) is 0 Å². The molecule has 186 valence electrons. The fourth-order valence-electron chi connectivity index (χ4n) is 3.83. The van der Waals surface area contributed by atoms with E-state index in [2.05, 4.69) is 19.8 Å². The highest BCUT2D eigenvalue weighted by atomic mass is 32.2. The highest BCUT2D eigenvalue weighted by molar-refractivity contribution is 7.92. The lowest BCUT2D eigenvalue weighted by Crippen LogP contribution is -2.18. The third-order valence-corrected chi connectivity index (χ3v) is 6.87. The Kier molecular flexibility index (Phi) is 6.09. The van der Waals surface area contributed by atoms with E-state index in [-0.39, 0.29) is 17.1 Å². The molecule has 0 aliphatic heterocycles. The van der Waals surface area contributed by atoms with Crippen LogP contribution in [0, 0.1) is 11.6 Å². The molecule has 5 rings (SSSR count). The number of benzene rings is 2. The van der Waals surface area contributed by atoms with Crippen LogP contribution in [0.4, 0.5) is 14.5 Å². The van der Waals surface area contributed by atoms with E-state index >= 15 is 0 Å². The van der Waals surface area contributed by atoms with Crippen LogP contribution in [0.15, 0.2) is 84.4 Å². The van der Waals surface area contributed by atoms with Crippen molar-refractivity contribution in [2.24, 2.45) is 5.73 Å². The summed E-state index contributed by atoms with van der Waals surface area (Å²) in [6.45, 7) is -0.0585. The second-order valence-corrected chi connectivity index (χ2v) is 9.80. The number of pyridine rings is 2. The zero-order chi connectivity index (χ0) is 26.2. The van der Waals surface area contributed by atoms with Gasteiger partial charge in [-0.05, 0) is 47.5 Å². The van der Waals surface area contributed by atoms with Gasteiger partial charge in [0.25, 0.3) is 10.0 Å². The highest BCUT2D eigenvalue weighted by Crippen LogP contribution is 2.32. The predicted octanol–water partition coefficient (Wildman–Crippen LogP) is 3.72. The molecular formula is C25H18F2N6O3S. The van der Waals surface area contributed by atoms with E-state index < -0.39 is 27.6 Å². The van der Waals surface area contributed by atoms with Crippen LogP contribution < -0.4 is 10.5 Å². The van der Waals surface area contributed by atoms with Crippen molar-refractivity contribution in [3.63, 3.8) is 0 Å². The fraction of sp³-hybridized carbons (Fsp3) is 0.0400. The summed E-state index contributed by atoms with van der Waals surface area (Å²) in [7, 11) is -4.22. The molecule has 0 radical (unpaired) electrons. The van der Waals surface area contributed by atoms with Gasteiger partial charge >= 0.3 is 0 Å². The number of rotatable bonds is 7. The maximum atomic E-state index is 14.0. The number of nitrogens with two attached hydrogens (primary N) is 1. The maximum absolute atomic E-state index is 14.0. The summed E-state index contributed by atoms with van der Waals surface area (Å²) < 4.78 is 56.5. The van der Waals surface area contributed by atoms with Crippen molar-refractivity contribution in [2.75, 3.05) is 4.72 Å². The Labute approximate surface area is 209 Å². The number of nitrogens with zero attached hydrogens (tertiary/aromatic N) is 4. The number of anilines is 1. The van der Waals surface area contributed by atoms with Gasteiger partial charge in [0, 0.05) is 47.4 Å². The second-order valence-electron chi connectivity index (χ2n) is 8.12. The highest BCUT2D eigenvalue weighted by Gasteiger charge is 2.18. The maximum Gasteiger partial charge on any atom is 0.263 e. The van der Waals surface area contributed by atoms with Crippen LogP contribution in [0.2, 0.25) is 0 Å². The van der Waals surface area contributed by atoms with Crippen LogP contribution in [0.3, 0.4) is 0 Å². The molecule has 37 heavy (non-hydrogen) atoms. The predicted molar refractivity (Wildman–Crippen MR) is 133 cm³/mol. The quantitative estimate of drug-likeness (QED) is 0.336. The molecule has 9 nitrogen and oxygen atoms in total. The molecule has 0 unspecified atom stereocenters. The van der Waals surface area contributed by atoms with Gasteiger partial charge in [-0.15, -0.1) is 0 Å². The Morgan fingerprint density at radius 3 is 2.59 bits per heavy atom. The number of carbonyl (C=O) groups excluding carboxylic acids is 1. The molecule has 1 amide bonds. The Balaban J connectivity index is 1.52. The van der Waals surface area contributed by atoms with Gasteiger partial charge in [-0.2, -0.15) is 5.10 Å². The molecule has 2 aromatic carbocycles. The van der Waals surface area contributed by atoms with E-state index in [0.717, 1.165) is 34.8 Å². The van der Waals surface area contributed by atoms with Crippen molar-refractivity contribution in [3.05, 3.63) is 91.1 Å². The van der Waals surface area contributed by atoms with E-state index in [1.807, 2.05) is 6.07 Å². The fourth-order valence-corrected chi connectivity index (χ4v) is 4.88. The average Bonchev–Trinajstić information content (AvgIpc) is 3.32. The summed E-state index contributed by atoms with van der Waals surface area (Å²) in [6, 6.07) is 11.1. The Bertz CT molecular complexity index is 1770. The molecule has 0 saturated carbocycles. The van der Waals surface area contributed by atoms with Crippen LogP contribution >= 0.6 is 0 Å². The van der Waals surface area contributed by atoms with E-state index in [1.165, 1.54) is 16.9 Å². The largest absolute Gasteiger partial charge is 0.368 e. The second kappa shape index (κ2) is 9.39. The number of aromatic nitrogens is 4. The minimum atomic E-state index is -4.22. The van der Waals surface area contributed by atoms with Gasteiger partial charge in [-0.1, -0.05) is 6.07 Å². The Hall–Kier alpha value is -4.71. The van der Waals surface area contributed by atoms with Crippen molar-refractivity contribution >= 4 is 32.5 Å². The molecule has 0 fully saturated rings. The third kappa shape index (κ3) is 5.00. The van der Waals surface area contributed by atoms with Crippen molar-refractivity contribution in [2.45, 2.75) is 11.4 Å². The van der Waals surface area contributed by atoms with Gasteiger partial charge in [-0.3, -0.25) is 24.2 Å². The van der Waals surface area contributed by atoms with Crippen LogP contribution in [-0.4, -0.2) is 34.1 Å². The summed E-state index contributed by atoms with van der Waals surface area (Å²) in [5.74, 6) is -2.38. The molecule has 0 saturated heterocycles. The third-order valence-electron chi connectivity index (χ3n) is 5.54. The molecule has 0 atom stereocenters. The van der Waals surface area contributed by atoms with Crippen molar-refractivity contribution < 1.29 is 22.0 Å². The molecule has 3 heterocycles. The molecular weight excluding hydrogens is 502 g/mol. The van der Waals surface area contributed by atoms with Crippen LogP contribution in [0.5, 0.6) is 0 Å². The number of nitrogens with one attached hydrogen (secondary N) is 1. The molecule has 0 aliphatic carbocycles. The van der Waals surface area contributed by atoms with E-state index in [9.17, 15) is 22.0 Å². The number of sulfonamides is 1. The lowest BCUT2D eigenvalue weighted by Gasteiger charge is -2.11. The molecule has 0 bridgehead atoms. The molecule has 3 N–H and O–H groups in total. The first-order valence-electron chi connectivity index (χ1n) is 10.8. The number of amides is 1. The van der Waals surface area contributed by atoms with Gasteiger partial charge in [0.15, 0.2) is 0 Å². The molecule has 3 aromatic heterocycles. The average molecular weight is 521 g/mol. The van der Waals surface area contributed by atoms with Crippen molar-refractivity contribution in [3.8, 4) is 22.3 Å². The summed E-state index contributed by atoms with van der Waals surface area (Å²) in [6.07, 6.45) is 7.59. The number of carbonyl (C=O) groups is 1. The van der Waals surface area contributed by atoms with E-state index in [0.29, 0.717) is 22.7 Å². The van der Waals surface area contributed by atoms with Crippen molar-refractivity contribution in [1.82, 2.24) is 19.7 Å². The first kappa shape index (κ1) is 24.0. The molecule has 0 spiro atoms. The Morgan fingerprint density at radius 2 is 1.81 bits per heavy atom. The standard InChI is InChI=1S/C25H18F2N6O3S/c26-18-2-4-24(22(27)9-18)32-37(35,36)19-7-16(10-29-12-19)15-1-3-23-21(8-15)20(5-6-30-23)17-11-31-33(13-17)14-25(28)34/h1-13,32H,14H2,(H2,28,34). The number of hydrogen-bond acceptors (Lipinski definition) is 6. The van der Waals surface area contributed by atoms with Gasteiger partial charge < -0.3 is 5.73 Å². The summed E-state index contributed by atoms with van der Waals surface area (Å²) in [5.41, 5.74) is 8.24. The van der Waals surface area contributed by atoms with Crippen molar-refractivity contribution in [1.29, 1.82) is 0 Å². The van der Waals surface area contributed by atoms with Crippen LogP contribution in [-0.2, 0) is 21.4 Å². The monoisotopic (exact) mass is 520 g/mol. The summed E-state index contributed by atoms with van der Waals surface area (Å²) in [4.78, 5) is 19.5. The van der Waals surface area contributed by atoms with Crippen LogP contribution in [0.25, 0.3) is 33.2 Å². The molecule has 12 heteroatoms. The number of halogens is 2. The summed E-state index contributed by atoms with van der Waals surface area (Å²) >= 11 is 0. The smallest absolute Gasteiger partial charge is 0.263 e. The van der Waals surface area contributed by atoms with E-state index in [1.54, 1.807) is 36.8 Å². The minimum absolute atomic E-state index is 0.0585. The lowest BCUT2D eigenvalue weighted by molar-refractivity contribution is -0.118. The zero-order valence-electron chi connectivity index (χ0n) is 19.0. The zero-order valence-corrected chi connectivity index (χ0v) is 19.8. The van der Waals surface area contributed by atoms with Gasteiger partial charge in [0.1, 0.15) is 23.1 Å². The van der Waals surface area contributed by atoms with Gasteiger partial charge in [0.2, 0.25) is 5.91 Å². The van der Waals surface area contributed by atoms with Gasteiger partial charge in [0.05, 0.1) is 17.4 Å². The minimum Gasteiger partial charge on any atom is -0.368 e. The number of fused-ring (bicyclic) bond motifs is 1. The SMILES string of the molecule is NC(=O)Cn1cc(-c2ccnc3ccc(-c4cncc(S(=O)(=O)Nc5ccc(F)cc5F)c4)cc23)cn1. The van der Waals surface area contributed by atoms with Gasteiger partial charge in [-0.25, -0.2) is 17.2 Å². The molecule has 0 aliphatic rings. The first-order chi connectivity index (χ1) is 17.7. The lowest BCUT2D eigenvalue weighted by atomic mass is 9.99. The normalized spacial score (nSPS) is 11.5.